The van der Waals surface area contributed by atoms with Crippen molar-refractivity contribution in [3.8, 4) is 45.3 Å². The van der Waals surface area contributed by atoms with Gasteiger partial charge in [-0.05, 0) is 86.6 Å². The molecule has 0 aliphatic heterocycles. The van der Waals surface area contributed by atoms with Crippen molar-refractivity contribution in [2.45, 2.75) is 12.8 Å². The van der Waals surface area contributed by atoms with Crippen LogP contribution in [-0.4, -0.2) is 19.5 Å². The van der Waals surface area contributed by atoms with Crippen LogP contribution in [0.3, 0.4) is 0 Å². The highest BCUT2D eigenvalue weighted by Crippen LogP contribution is 2.42. The molecular weight excluding hydrogens is 669 g/mol. The summed E-state index contributed by atoms with van der Waals surface area (Å²) in [6, 6.07) is 58.4. The van der Waals surface area contributed by atoms with Gasteiger partial charge in [0.05, 0.1) is 11.0 Å². The molecule has 4 nitrogen and oxygen atoms in total. The van der Waals surface area contributed by atoms with Gasteiger partial charge in [-0.3, -0.25) is 0 Å². The summed E-state index contributed by atoms with van der Waals surface area (Å²) < 4.78 is 2.44. The lowest BCUT2D eigenvalue weighted by atomic mass is 9.92. The van der Waals surface area contributed by atoms with Crippen molar-refractivity contribution in [3.63, 3.8) is 0 Å². The number of allylic oxidation sites excluding steroid dienone is 4. The third kappa shape index (κ3) is 5.18. The molecular formula is C51H34N4. The normalized spacial score (nSPS) is 13.0. The van der Waals surface area contributed by atoms with Gasteiger partial charge in [0.2, 0.25) is 0 Å². The average Bonchev–Trinajstić information content (AvgIpc) is 3.61. The summed E-state index contributed by atoms with van der Waals surface area (Å²) in [6.07, 6.45) is 8.66. The molecule has 2 heterocycles. The molecule has 0 saturated carbocycles. The summed E-state index contributed by atoms with van der Waals surface area (Å²) in [4.78, 5) is 15.4. The SMILES string of the molecule is C1=CCCC(n2c3ccc(-c4ccc5c6ccccc6c6ccccc6c5c4)cc3c3c(-c4nc(-c5ccccc5)nc(-c5ccccc5)n4)cccc32)=C1. The van der Waals surface area contributed by atoms with E-state index in [1.54, 1.807) is 0 Å². The van der Waals surface area contributed by atoms with Gasteiger partial charge >= 0.3 is 0 Å². The minimum absolute atomic E-state index is 0.655. The fourth-order valence-electron chi connectivity index (χ4n) is 8.54. The first-order valence-corrected chi connectivity index (χ1v) is 18.9. The van der Waals surface area contributed by atoms with Gasteiger partial charge in [0, 0.05) is 33.2 Å². The Morgan fingerprint density at radius 3 is 1.56 bits per heavy atom. The van der Waals surface area contributed by atoms with E-state index in [1.165, 1.54) is 60.0 Å². The Hall–Kier alpha value is -7.17. The first kappa shape index (κ1) is 31.4. The van der Waals surface area contributed by atoms with Gasteiger partial charge in [0.15, 0.2) is 17.5 Å². The second kappa shape index (κ2) is 12.8. The Morgan fingerprint density at radius 1 is 0.400 bits per heavy atom. The Bertz CT molecular complexity index is 3100. The van der Waals surface area contributed by atoms with Crippen molar-refractivity contribution >= 4 is 59.8 Å². The third-order valence-corrected chi connectivity index (χ3v) is 11.1. The van der Waals surface area contributed by atoms with E-state index < -0.39 is 0 Å². The standard InChI is InChI=1S/C51H34N4/c1-4-15-33(16-5-1)49-52-50(34-17-6-2-7-18-34)54-51(53-49)43-25-14-26-47-48(43)45-32-36(28-30-46(45)55(47)37-19-8-3-9-20-37)35-27-29-42-40-23-11-10-21-38(40)39-22-12-13-24-41(39)44(42)31-35/h1-8,10-19,21-32H,9,20H2. The molecule has 258 valence electrons. The summed E-state index contributed by atoms with van der Waals surface area (Å²) >= 11 is 0. The van der Waals surface area contributed by atoms with Crippen LogP contribution in [0, 0.1) is 0 Å². The molecule has 10 aromatic rings. The van der Waals surface area contributed by atoms with Gasteiger partial charge in [-0.25, -0.2) is 15.0 Å². The van der Waals surface area contributed by atoms with Gasteiger partial charge in [0.25, 0.3) is 0 Å². The van der Waals surface area contributed by atoms with Gasteiger partial charge in [-0.1, -0.05) is 152 Å². The summed E-state index contributed by atoms with van der Waals surface area (Å²) in [5.74, 6) is 1.97. The molecule has 0 N–H and O–H groups in total. The largest absolute Gasteiger partial charge is 0.313 e. The van der Waals surface area contributed by atoms with Crippen molar-refractivity contribution in [1.82, 2.24) is 19.5 Å². The zero-order valence-electron chi connectivity index (χ0n) is 30.0. The second-order valence-electron chi connectivity index (χ2n) is 14.3. The van der Waals surface area contributed by atoms with E-state index in [-0.39, 0.29) is 0 Å². The number of hydrogen-bond donors (Lipinski definition) is 0. The third-order valence-electron chi connectivity index (χ3n) is 11.1. The molecule has 0 saturated heterocycles. The second-order valence-corrected chi connectivity index (χ2v) is 14.3. The molecule has 0 spiro atoms. The van der Waals surface area contributed by atoms with E-state index in [0.717, 1.165) is 40.4 Å². The van der Waals surface area contributed by atoms with E-state index >= 15 is 0 Å². The Balaban J connectivity index is 1.18. The van der Waals surface area contributed by atoms with E-state index in [0.29, 0.717) is 17.5 Å². The quantitative estimate of drug-likeness (QED) is 0.168. The van der Waals surface area contributed by atoms with Crippen LogP contribution >= 0.6 is 0 Å². The topological polar surface area (TPSA) is 43.6 Å². The number of fused-ring (bicyclic) bond motifs is 9. The number of hydrogen-bond acceptors (Lipinski definition) is 3. The first-order chi connectivity index (χ1) is 27.3. The van der Waals surface area contributed by atoms with Gasteiger partial charge in [-0.2, -0.15) is 0 Å². The van der Waals surface area contributed by atoms with E-state index in [9.17, 15) is 0 Å². The van der Waals surface area contributed by atoms with E-state index in [1.807, 2.05) is 36.4 Å². The molecule has 0 unspecified atom stereocenters. The predicted molar refractivity (Wildman–Crippen MR) is 230 cm³/mol. The van der Waals surface area contributed by atoms with E-state index in [4.69, 9.17) is 15.0 Å². The molecule has 11 rings (SSSR count). The fourth-order valence-corrected chi connectivity index (χ4v) is 8.54. The van der Waals surface area contributed by atoms with Gasteiger partial charge < -0.3 is 4.57 Å². The van der Waals surface area contributed by atoms with Crippen LogP contribution in [-0.2, 0) is 0 Å². The average molecular weight is 703 g/mol. The van der Waals surface area contributed by atoms with Crippen LogP contribution < -0.4 is 0 Å². The number of benzene rings is 8. The number of aromatic nitrogens is 4. The lowest BCUT2D eigenvalue weighted by Gasteiger charge is -2.14. The molecule has 8 aromatic carbocycles. The minimum atomic E-state index is 0.655. The van der Waals surface area contributed by atoms with Crippen LogP contribution in [0.2, 0.25) is 0 Å². The van der Waals surface area contributed by atoms with Crippen LogP contribution in [0.15, 0.2) is 182 Å². The Labute approximate surface area is 318 Å². The van der Waals surface area contributed by atoms with Crippen molar-refractivity contribution < 1.29 is 0 Å². The molecule has 2 aromatic heterocycles. The molecule has 0 radical (unpaired) electrons. The predicted octanol–water partition coefficient (Wildman–Crippen LogP) is 13.3. The zero-order chi connectivity index (χ0) is 36.3. The van der Waals surface area contributed by atoms with Crippen molar-refractivity contribution in [2.24, 2.45) is 0 Å². The minimum Gasteiger partial charge on any atom is -0.313 e. The maximum atomic E-state index is 5.19. The zero-order valence-corrected chi connectivity index (χ0v) is 30.0. The molecule has 0 bridgehead atoms. The van der Waals surface area contributed by atoms with E-state index in [2.05, 4.69) is 150 Å². The van der Waals surface area contributed by atoms with Crippen LogP contribution in [0.4, 0.5) is 0 Å². The number of rotatable bonds is 5. The highest BCUT2D eigenvalue weighted by Gasteiger charge is 2.21. The van der Waals surface area contributed by atoms with Crippen molar-refractivity contribution in [3.05, 3.63) is 182 Å². The Morgan fingerprint density at radius 2 is 0.945 bits per heavy atom. The monoisotopic (exact) mass is 702 g/mol. The molecule has 4 heteroatoms. The smallest absolute Gasteiger partial charge is 0.164 e. The maximum Gasteiger partial charge on any atom is 0.164 e. The molecule has 0 fully saturated rings. The fraction of sp³-hybridized carbons (Fsp3) is 0.0392. The molecule has 55 heavy (non-hydrogen) atoms. The van der Waals surface area contributed by atoms with Crippen molar-refractivity contribution in [2.75, 3.05) is 0 Å². The van der Waals surface area contributed by atoms with Crippen LogP contribution in [0.1, 0.15) is 12.8 Å². The lowest BCUT2D eigenvalue weighted by molar-refractivity contribution is 0.979. The first-order valence-electron chi connectivity index (χ1n) is 18.9. The Kier molecular flexibility index (Phi) is 7.27. The summed E-state index contributed by atoms with van der Waals surface area (Å²) in [5.41, 5.74) is 8.84. The lowest BCUT2D eigenvalue weighted by Crippen LogP contribution is -2.01. The summed E-state index contributed by atoms with van der Waals surface area (Å²) in [7, 11) is 0. The highest BCUT2D eigenvalue weighted by atomic mass is 15.0. The van der Waals surface area contributed by atoms with Crippen molar-refractivity contribution in [1.29, 1.82) is 0 Å². The van der Waals surface area contributed by atoms with Gasteiger partial charge in [-0.15, -0.1) is 0 Å². The molecule has 0 atom stereocenters. The van der Waals surface area contributed by atoms with Crippen LogP contribution in [0.5, 0.6) is 0 Å². The van der Waals surface area contributed by atoms with Gasteiger partial charge in [0.1, 0.15) is 0 Å². The van der Waals surface area contributed by atoms with Crippen LogP contribution in [0.25, 0.3) is 105 Å². The molecule has 1 aliphatic rings. The highest BCUT2D eigenvalue weighted by molar-refractivity contribution is 6.26. The number of nitrogens with zero attached hydrogens (tertiary/aromatic N) is 4. The summed E-state index contributed by atoms with van der Waals surface area (Å²) in [5, 5.41) is 9.96. The molecule has 1 aliphatic carbocycles. The summed E-state index contributed by atoms with van der Waals surface area (Å²) in [6.45, 7) is 0. The maximum absolute atomic E-state index is 5.19. The molecule has 0 amide bonds.